The van der Waals surface area contributed by atoms with Crippen LogP contribution in [-0.4, -0.2) is 35.0 Å². The molecule has 0 aliphatic carbocycles. The monoisotopic (exact) mass is 351 g/mol. The van der Waals surface area contributed by atoms with Crippen molar-refractivity contribution in [1.29, 1.82) is 0 Å². The van der Waals surface area contributed by atoms with E-state index < -0.39 is 11.9 Å². The summed E-state index contributed by atoms with van der Waals surface area (Å²) in [6.07, 6.45) is 0.993. The second-order valence-corrected chi connectivity index (χ2v) is 7.25. The Balaban J connectivity index is 1.80. The van der Waals surface area contributed by atoms with Gasteiger partial charge in [0.2, 0.25) is 5.91 Å². The first-order valence-corrected chi connectivity index (χ1v) is 9.15. The highest BCUT2D eigenvalue weighted by molar-refractivity contribution is 5.79. The van der Waals surface area contributed by atoms with Crippen molar-refractivity contribution in [2.45, 2.75) is 25.7 Å². The standard InChI is InChI=1S/C22H25NO3/c1-16-12-19(22(25)26)15-23(14-16)21(24)13-20(17-8-4-2-5-9-17)18-10-6-3-7-11-18/h2-11,16,19-20H,12-15H2,1H3,(H,25,26)/t16-,19+/m0/s1. The summed E-state index contributed by atoms with van der Waals surface area (Å²) in [6, 6.07) is 20.1. The molecule has 1 fully saturated rings. The maximum Gasteiger partial charge on any atom is 0.308 e. The molecule has 0 aromatic heterocycles. The third kappa shape index (κ3) is 4.31. The number of carboxylic acid groups (broad SMARTS) is 1. The SMILES string of the molecule is C[C@H]1C[C@@H](C(=O)O)CN(C(=O)CC(c2ccccc2)c2ccccc2)C1. The quantitative estimate of drug-likeness (QED) is 0.892. The molecule has 3 rings (SSSR count). The number of nitrogens with zero attached hydrogens (tertiary/aromatic N) is 1. The van der Waals surface area contributed by atoms with Crippen molar-refractivity contribution in [2.75, 3.05) is 13.1 Å². The fourth-order valence-corrected chi connectivity index (χ4v) is 3.84. The molecule has 2 aromatic rings. The summed E-state index contributed by atoms with van der Waals surface area (Å²) in [5.41, 5.74) is 2.21. The van der Waals surface area contributed by atoms with Crippen molar-refractivity contribution in [1.82, 2.24) is 4.90 Å². The normalized spacial score (nSPS) is 20.2. The van der Waals surface area contributed by atoms with Gasteiger partial charge in [0.15, 0.2) is 0 Å². The largest absolute Gasteiger partial charge is 0.481 e. The van der Waals surface area contributed by atoms with Crippen molar-refractivity contribution in [3.63, 3.8) is 0 Å². The fraction of sp³-hybridized carbons (Fsp3) is 0.364. The predicted molar refractivity (Wildman–Crippen MR) is 101 cm³/mol. The van der Waals surface area contributed by atoms with Crippen LogP contribution in [0, 0.1) is 11.8 Å². The summed E-state index contributed by atoms with van der Waals surface area (Å²) in [4.78, 5) is 26.1. The van der Waals surface area contributed by atoms with Gasteiger partial charge in [-0.15, -0.1) is 0 Å². The molecule has 0 bridgehead atoms. The predicted octanol–water partition coefficient (Wildman–Crippen LogP) is 3.78. The highest BCUT2D eigenvalue weighted by Crippen LogP contribution is 2.30. The van der Waals surface area contributed by atoms with Crippen molar-refractivity contribution in [3.8, 4) is 0 Å². The minimum Gasteiger partial charge on any atom is -0.481 e. The Bertz CT molecular complexity index is 705. The molecule has 26 heavy (non-hydrogen) atoms. The van der Waals surface area contributed by atoms with Gasteiger partial charge < -0.3 is 10.0 Å². The van der Waals surface area contributed by atoms with E-state index in [9.17, 15) is 14.7 Å². The molecule has 1 amide bonds. The Hall–Kier alpha value is -2.62. The highest BCUT2D eigenvalue weighted by Gasteiger charge is 2.32. The highest BCUT2D eigenvalue weighted by atomic mass is 16.4. The van der Waals surface area contributed by atoms with Crippen LogP contribution in [-0.2, 0) is 9.59 Å². The number of benzene rings is 2. The lowest BCUT2D eigenvalue weighted by atomic mass is 9.86. The first-order valence-electron chi connectivity index (χ1n) is 9.15. The fourth-order valence-electron chi connectivity index (χ4n) is 3.84. The lowest BCUT2D eigenvalue weighted by Crippen LogP contribution is -2.45. The summed E-state index contributed by atoms with van der Waals surface area (Å²) in [5, 5.41) is 9.36. The molecular weight excluding hydrogens is 326 g/mol. The van der Waals surface area contributed by atoms with E-state index in [1.807, 2.05) is 67.6 Å². The Kier molecular flexibility index (Phi) is 5.71. The van der Waals surface area contributed by atoms with Crippen LogP contribution in [0.5, 0.6) is 0 Å². The molecule has 4 heteroatoms. The van der Waals surface area contributed by atoms with Gasteiger partial charge in [-0.05, 0) is 23.5 Å². The number of piperidine rings is 1. The van der Waals surface area contributed by atoms with E-state index in [1.54, 1.807) is 4.90 Å². The number of hydrogen-bond acceptors (Lipinski definition) is 2. The number of hydrogen-bond donors (Lipinski definition) is 1. The molecule has 2 atom stereocenters. The zero-order valence-corrected chi connectivity index (χ0v) is 15.0. The first-order chi connectivity index (χ1) is 12.5. The Labute approximate surface area is 154 Å². The van der Waals surface area contributed by atoms with Gasteiger partial charge in [0.1, 0.15) is 0 Å². The smallest absolute Gasteiger partial charge is 0.308 e. The second-order valence-electron chi connectivity index (χ2n) is 7.25. The van der Waals surface area contributed by atoms with Crippen LogP contribution in [0.1, 0.15) is 36.8 Å². The maximum absolute atomic E-state index is 13.0. The van der Waals surface area contributed by atoms with E-state index in [0.29, 0.717) is 25.9 Å². The van der Waals surface area contributed by atoms with Crippen LogP contribution in [0.2, 0.25) is 0 Å². The minimum atomic E-state index is -0.808. The van der Waals surface area contributed by atoms with Gasteiger partial charge in [0.25, 0.3) is 0 Å². The van der Waals surface area contributed by atoms with Crippen LogP contribution in [0.4, 0.5) is 0 Å². The average molecular weight is 351 g/mol. The van der Waals surface area contributed by atoms with Crippen molar-refractivity contribution >= 4 is 11.9 Å². The second kappa shape index (κ2) is 8.17. The van der Waals surface area contributed by atoms with E-state index in [2.05, 4.69) is 0 Å². The Morgan fingerprint density at radius 1 is 1.00 bits per heavy atom. The van der Waals surface area contributed by atoms with Crippen molar-refractivity contribution in [3.05, 3.63) is 71.8 Å². The van der Waals surface area contributed by atoms with Crippen LogP contribution in [0.3, 0.4) is 0 Å². The van der Waals surface area contributed by atoms with Crippen LogP contribution >= 0.6 is 0 Å². The van der Waals surface area contributed by atoms with E-state index in [1.165, 1.54) is 0 Å². The molecule has 0 unspecified atom stereocenters. The van der Waals surface area contributed by atoms with E-state index >= 15 is 0 Å². The van der Waals surface area contributed by atoms with Gasteiger partial charge >= 0.3 is 5.97 Å². The third-order valence-corrected chi connectivity index (χ3v) is 5.14. The number of carbonyl (C=O) groups is 2. The summed E-state index contributed by atoms with van der Waals surface area (Å²) in [5.74, 6) is -1.06. The Morgan fingerprint density at radius 3 is 2.04 bits per heavy atom. The van der Waals surface area contributed by atoms with Gasteiger partial charge in [-0.2, -0.15) is 0 Å². The van der Waals surface area contributed by atoms with Crippen LogP contribution in [0.25, 0.3) is 0 Å². The number of carboxylic acids is 1. The third-order valence-electron chi connectivity index (χ3n) is 5.14. The molecule has 2 aromatic carbocycles. The lowest BCUT2D eigenvalue weighted by molar-refractivity contribution is -0.147. The molecule has 4 nitrogen and oxygen atoms in total. The maximum atomic E-state index is 13.0. The minimum absolute atomic E-state index is 0.0228. The van der Waals surface area contributed by atoms with Gasteiger partial charge in [-0.3, -0.25) is 9.59 Å². The number of likely N-dealkylation sites (tertiary alicyclic amines) is 1. The molecule has 1 heterocycles. The Morgan fingerprint density at radius 2 is 1.54 bits per heavy atom. The van der Waals surface area contributed by atoms with E-state index in [0.717, 1.165) is 11.1 Å². The van der Waals surface area contributed by atoms with Crippen molar-refractivity contribution in [2.24, 2.45) is 11.8 Å². The molecule has 1 aliphatic rings. The van der Waals surface area contributed by atoms with Gasteiger partial charge in [0.05, 0.1) is 5.92 Å². The van der Waals surface area contributed by atoms with E-state index in [-0.39, 0.29) is 17.7 Å². The van der Waals surface area contributed by atoms with Gasteiger partial charge in [-0.25, -0.2) is 0 Å². The summed E-state index contributed by atoms with van der Waals surface area (Å²) < 4.78 is 0. The summed E-state index contributed by atoms with van der Waals surface area (Å²) in [6.45, 7) is 2.97. The van der Waals surface area contributed by atoms with Gasteiger partial charge in [-0.1, -0.05) is 67.6 Å². The zero-order valence-electron chi connectivity index (χ0n) is 15.0. The first kappa shape index (κ1) is 18.2. The molecule has 0 saturated carbocycles. The molecular formula is C22H25NO3. The van der Waals surface area contributed by atoms with Crippen molar-refractivity contribution < 1.29 is 14.7 Å². The number of aliphatic carboxylic acids is 1. The molecule has 0 spiro atoms. The zero-order chi connectivity index (χ0) is 18.5. The molecule has 136 valence electrons. The van der Waals surface area contributed by atoms with Gasteiger partial charge in [0, 0.05) is 25.4 Å². The molecule has 1 saturated heterocycles. The summed E-state index contributed by atoms with van der Waals surface area (Å²) >= 11 is 0. The average Bonchev–Trinajstić information content (AvgIpc) is 2.66. The number of rotatable bonds is 5. The van der Waals surface area contributed by atoms with E-state index in [4.69, 9.17) is 0 Å². The van der Waals surface area contributed by atoms with Crippen LogP contribution in [0.15, 0.2) is 60.7 Å². The summed E-state index contributed by atoms with van der Waals surface area (Å²) in [7, 11) is 0. The molecule has 1 aliphatic heterocycles. The molecule has 0 radical (unpaired) electrons. The lowest BCUT2D eigenvalue weighted by Gasteiger charge is -2.35. The number of carbonyl (C=O) groups excluding carboxylic acids is 1. The topological polar surface area (TPSA) is 57.6 Å². The number of amides is 1. The molecule has 1 N–H and O–H groups in total. The van der Waals surface area contributed by atoms with Crippen LogP contribution < -0.4 is 0 Å².